The largest absolute Gasteiger partial charge is 0.461 e. The van der Waals surface area contributed by atoms with Crippen molar-refractivity contribution in [1.29, 1.82) is 0 Å². The van der Waals surface area contributed by atoms with E-state index in [2.05, 4.69) is 6.58 Å². The van der Waals surface area contributed by atoms with Crippen molar-refractivity contribution in [3.05, 3.63) is 12.7 Å². The average Bonchev–Trinajstić information content (AvgIpc) is 2.23. The summed E-state index contributed by atoms with van der Waals surface area (Å²) >= 11 is 0. The van der Waals surface area contributed by atoms with Crippen molar-refractivity contribution in [1.82, 2.24) is 0 Å². The summed E-state index contributed by atoms with van der Waals surface area (Å²) in [6, 6.07) is 0. The van der Waals surface area contributed by atoms with Gasteiger partial charge in [0.05, 0.1) is 5.92 Å². The van der Waals surface area contributed by atoms with Crippen LogP contribution in [0, 0.1) is 23.7 Å². The maximum absolute atomic E-state index is 14.4. The molecule has 0 N–H and O–H groups in total. The fourth-order valence-electron chi connectivity index (χ4n) is 4.55. The van der Waals surface area contributed by atoms with Gasteiger partial charge in [-0.2, -0.15) is 0 Å². The van der Waals surface area contributed by atoms with Crippen molar-refractivity contribution in [2.24, 2.45) is 23.7 Å². The van der Waals surface area contributed by atoms with Crippen molar-refractivity contribution >= 4 is 5.97 Å². The molecule has 4 aliphatic carbocycles. The fraction of sp³-hybridized carbons (Fsp3) is 0.786. The number of hydrogen-bond acceptors (Lipinski definition) is 2. The Morgan fingerprint density at radius 3 is 2.53 bits per heavy atom. The van der Waals surface area contributed by atoms with Gasteiger partial charge in [-0.3, -0.25) is 4.79 Å². The van der Waals surface area contributed by atoms with Gasteiger partial charge in [0.2, 0.25) is 0 Å². The van der Waals surface area contributed by atoms with Crippen LogP contribution in [0.25, 0.3) is 0 Å². The Hall–Kier alpha value is -0.860. The van der Waals surface area contributed by atoms with E-state index in [1.807, 2.05) is 0 Å². The first-order valence-corrected chi connectivity index (χ1v) is 6.58. The van der Waals surface area contributed by atoms with Crippen LogP contribution >= 0.6 is 0 Å². The molecule has 17 heavy (non-hydrogen) atoms. The summed E-state index contributed by atoms with van der Waals surface area (Å²) in [5.41, 5.74) is -0.967. The minimum atomic E-state index is -0.967. The number of rotatable bonds is 3. The first-order chi connectivity index (χ1) is 8.11. The molecule has 0 radical (unpaired) electrons. The third-order valence-corrected chi connectivity index (χ3v) is 4.81. The lowest BCUT2D eigenvalue weighted by Crippen LogP contribution is -2.54. The first-order valence-electron chi connectivity index (χ1n) is 6.58. The highest BCUT2D eigenvalue weighted by Gasteiger charge is 2.58. The number of alkyl halides is 1. The molecule has 4 fully saturated rings. The second-order valence-corrected chi connectivity index (χ2v) is 6.07. The zero-order valence-corrected chi connectivity index (χ0v) is 10.0. The lowest BCUT2D eigenvalue weighted by Gasteiger charge is -2.55. The van der Waals surface area contributed by atoms with Crippen LogP contribution in [-0.2, 0) is 9.53 Å². The molecule has 2 nitrogen and oxygen atoms in total. The first kappa shape index (κ1) is 11.2. The van der Waals surface area contributed by atoms with E-state index >= 15 is 0 Å². The number of ether oxygens (including phenoxy) is 1. The molecule has 4 saturated carbocycles. The van der Waals surface area contributed by atoms with Crippen LogP contribution in [0.2, 0.25) is 0 Å². The minimum Gasteiger partial charge on any atom is -0.461 e. The van der Waals surface area contributed by atoms with Crippen molar-refractivity contribution in [2.45, 2.75) is 37.8 Å². The Balaban J connectivity index is 1.75. The number of carbonyl (C=O) groups is 1. The van der Waals surface area contributed by atoms with Crippen molar-refractivity contribution in [3.8, 4) is 0 Å². The summed E-state index contributed by atoms with van der Waals surface area (Å²) in [5, 5.41) is 0. The van der Waals surface area contributed by atoms with Gasteiger partial charge in [0.1, 0.15) is 12.3 Å². The van der Waals surface area contributed by atoms with Crippen LogP contribution in [0.4, 0.5) is 4.39 Å². The van der Waals surface area contributed by atoms with E-state index in [9.17, 15) is 9.18 Å². The summed E-state index contributed by atoms with van der Waals surface area (Å²) < 4.78 is 19.6. The van der Waals surface area contributed by atoms with Gasteiger partial charge >= 0.3 is 5.97 Å². The average molecular weight is 238 g/mol. The van der Waals surface area contributed by atoms with Gasteiger partial charge in [-0.25, -0.2) is 4.39 Å². The molecule has 3 heteroatoms. The van der Waals surface area contributed by atoms with Crippen LogP contribution < -0.4 is 0 Å². The molecule has 4 aliphatic rings. The van der Waals surface area contributed by atoms with Crippen LogP contribution in [0.1, 0.15) is 32.1 Å². The summed E-state index contributed by atoms with van der Waals surface area (Å²) in [5.74, 6) is 0.797. The lowest BCUT2D eigenvalue weighted by atomic mass is 9.51. The highest BCUT2D eigenvalue weighted by atomic mass is 19.1. The Kier molecular flexibility index (Phi) is 2.53. The molecule has 0 amide bonds. The number of halogens is 1. The quantitative estimate of drug-likeness (QED) is 0.558. The van der Waals surface area contributed by atoms with Crippen LogP contribution in [0.15, 0.2) is 12.7 Å². The molecule has 0 aromatic carbocycles. The molecule has 5 atom stereocenters. The number of hydrogen-bond donors (Lipinski definition) is 0. The zero-order chi connectivity index (χ0) is 12.0. The van der Waals surface area contributed by atoms with E-state index in [1.165, 1.54) is 0 Å². The molecule has 4 bridgehead atoms. The standard InChI is InChI=1S/C14H19FO2/c1-2-3-17-13(16)12-10-4-9-5-11(12)8-14(15,6-9)7-10/h2,9-12H,1,3-8H2/t9?,10-,11+,12?,14?. The molecular formula is C14H19FO2. The topological polar surface area (TPSA) is 26.3 Å². The molecule has 0 aliphatic heterocycles. The van der Waals surface area contributed by atoms with E-state index in [1.54, 1.807) is 6.08 Å². The van der Waals surface area contributed by atoms with Crippen molar-refractivity contribution < 1.29 is 13.9 Å². The van der Waals surface area contributed by atoms with Gasteiger partial charge in [-0.05, 0) is 49.9 Å². The van der Waals surface area contributed by atoms with E-state index < -0.39 is 5.67 Å². The highest BCUT2D eigenvalue weighted by Crippen LogP contribution is 2.59. The van der Waals surface area contributed by atoms with Crippen LogP contribution in [-0.4, -0.2) is 18.2 Å². The third kappa shape index (κ3) is 1.80. The predicted octanol–water partition coefficient (Wildman–Crippen LogP) is 2.88. The summed E-state index contributed by atoms with van der Waals surface area (Å²) in [6.45, 7) is 3.82. The van der Waals surface area contributed by atoms with Gasteiger partial charge in [-0.1, -0.05) is 12.7 Å². The highest BCUT2D eigenvalue weighted by molar-refractivity contribution is 5.73. The fourth-order valence-corrected chi connectivity index (χ4v) is 4.55. The normalized spacial score (nSPS) is 46.9. The third-order valence-electron chi connectivity index (χ3n) is 4.81. The SMILES string of the molecule is C=CCOC(=O)C1[C@@H]2CC3C[C@H]1CC(F)(C3)C2. The van der Waals surface area contributed by atoms with Crippen LogP contribution in [0.3, 0.4) is 0 Å². The summed E-state index contributed by atoms with van der Waals surface area (Å²) in [4.78, 5) is 12.0. The molecule has 0 aromatic heterocycles. The molecule has 0 spiro atoms. The summed E-state index contributed by atoms with van der Waals surface area (Å²) in [6.07, 6.45) is 5.52. The van der Waals surface area contributed by atoms with Crippen LogP contribution in [0.5, 0.6) is 0 Å². The molecular weight excluding hydrogens is 219 g/mol. The second kappa shape index (κ2) is 3.82. The number of esters is 1. The van der Waals surface area contributed by atoms with Crippen molar-refractivity contribution in [2.75, 3.05) is 6.61 Å². The van der Waals surface area contributed by atoms with E-state index in [4.69, 9.17) is 4.74 Å². The van der Waals surface area contributed by atoms with Gasteiger partial charge in [0.25, 0.3) is 0 Å². The monoisotopic (exact) mass is 238 g/mol. The van der Waals surface area contributed by atoms with Gasteiger partial charge in [0, 0.05) is 0 Å². The van der Waals surface area contributed by atoms with Gasteiger partial charge < -0.3 is 4.74 Å². The Labute approximate surface area is 101 Å². The maximum atomic E-state index is 14.4. The molecule has 0 aromatic rings. The van der Waals surface area contributed by atoms with E-state index in [-0.39, 0.29) is 30.3 Å². The molecule has 3 unspecified atom stereocenters. The zero-order valence-electron chi connectivity index (χ0n) is 10.0. The Morgan fingerprint density at radius 2 is 2.00 bits per heavy atom. The van der Waals surface area contributed by atoms with Crippen molar-refractivity contribution in [3.63, 3.8) is 0 Å². The maximum Gasteiger partial charge on any atom is 0.309 e. The van der Waals surface area contributed by atoms with Gasteiger partial charge in [0.15, 0.2) is 0 Å². The minimum absolute atomic E-state index is 0.0459. The molecule has 0 saturated heterocycles. The summed E-state index contributed by atoms with van der Waals surface area (Å²) in [7, 11) is 0. The van der Waals surface area contributed by atoms with E-state index in [0.29, 0.717) is 18.8 Å². The molecule has 0 heterocycles. The predicted molar refractivity (Wildman–Crippen MR) is 62.0 cm³/mol. The van der Waals surface area contributed by atoms with E-state index in [0.717, 1.165) is 19.3 Å². The Bertz CT molecular complexity index is 336. The smallest absolute Gasteiger partial charge is 0.309 e. The number of carbonyl (C=O) groups excluding carboxylic acids is 1. The Morgan fingerprint density at radius 1 is 1.35 bits per heavy atom. The van der Waals surface area contributed by atoms with Gasteiger partial charge in [-0.15, -0.1) is 0 Å². The second-order valence-electron chi connectivity index (χ2n) is 6.07. The molecule has 94 valence electrons. The lowest BCUT2D eigenvalue weighted by molar-refractivity contribution is -0.169. The molecule has 4 rings (SSSR count).